The minimum absolute atomic E-state index is 0.676. The Morgan fingerprint density at radius 1 is 1.27 bits per heavy atom. The van der Waals surface area contributed by atoms with E-state index in [4.69, 9.17) is 14.6 Å². The summed E-state index contributed by atoms with van der Waals surface area (Å²) in [6, 6.07) is 0. The van der Waals surface area contributed by atoms with E-state index in [1.807, 2.05) is 0 Å². The van der Waals surface area contributed by atoms with Crippen LogP contribution in [0.25, 0.3) is 0 Å². The molecule has 2 saturated heterocycles. The van der Waals surface area contributed by atoms with Gasteiger partial charge in [-0.1, -0.05) is 0 Å². The van der Waals surface area contributed by atoms with Crippen LogP contribution in [0, 0.1) is 0 Å². The maximum atomic E-state index is 12.4. The maximum Gasteiger partial charge on any atom is 0.523 e. The second-order valence-corrected chi connectivity index (χ2v) is 6.70. The number of alkyl halides is 3. The van der Waals surface area contributed by atoms with E-state index in [0.29, 0.717) is 0 Å². The van der Waals surface area contributed by atoms with Crippen molar-refractivity contribution in [3.05, 3.63) is 0 Å². The number of hydrogen-bond donors (Lipinski definition) is 1. The fraction of sp³-hybridized carbons (Fsp3) is 0.900. The minimum atomic E-state index is -6.03. The Morgan fingerprint density at radius 3 is 2.32 bits per heavy atom. The van der Waals surface area contributed by atoms with Gasteiger partial charge in [-0.15, -0.1) is 0 Å². The topological polar surface area (TPSA) is 108 Å². The Balaban J connectivity index is 2.30. The quantitative estimate of drug-likeness (QED) is 0.418. The summed E-state index contributed by atoms with van der Waals surface area (Å²) in [5.74, 6) is -2.71. The number of carbonyl (C=O) groups is 1. The van der Waals surface area contributed by atoms with Crippen molar-refractivity contribution in [1.29, 1.82) is 0 Å². The second kappa shape index (κ2) is 5.30. The molecule has 2 heterocycles. The normalized spacial score (nSPS) is 35.1. The zero-order chi connectivity index (χ0) is 16.9. The third-order valence-corrected chi connectivity index (χ3v) is 4.05. The average molecular weight is 350 g/mol. The first-order valence-electron chi connectivity index (χ1n) is 6.04. The van der Waals surface area contributed by atoms with Crippen LogP contribution in [0.15, 0.2) is 0 Å². The zero-order valence-corrected chi connectivity index (χ0v) is 12.2. The summed E-state index contributed by atoms with van der Waals surface area (Å²) in [7, 11) is -6.03. The molecule has 0 aromatic carbocycles. The summed E-state index contributed by atoms with van der Waals surface area (Å²) in [6.07, 6.45) is -6.01. The third kappa shape index (κ3) is 3.06. The fourth-order valence-electron chi connectivity index (χ4n) is 2.18. The minimum Gasteiger partial charge on any atom is -0.455 e. The molecule has 0 spiro atoms. The van der Waals surface area contributed by atoms with Crippen LogP contribution in [0.3, 0.4) is 0 Å². The van der Waals surface area contributed by atoms with Crippen LogP contribution in [-0.4, -0.2) is 61.8 Å². The van der Waals surface area contributed by atoms with Gasteiger partial charge in [0, 0.05) is 0 Å². The van der Waals surface area contributed by atoms with E-state index in [9.17, 15) is 26.4 Å². The second-order valence-electron chi connectivity index (χ2n) is 5.14. The number of carbonyl (C=O) groups excluding carboxylic acids is 1. The molecule has 0 aromatic heterocycles. The molecule has 8 nitrogen and oxygen atoms in total. The predicted molar refractivity (Wildman–Crippen MR) is 60.6 cm³/mol. The van der Waals surface area contributed by atoms with E-state index in [0.717, 1.165) is 0 Å². The Kier molecular flexibility index (Phi) is 4.19. The summed E-state index contributed by atoms with van der Waals surface area (Å²) in [5.41, 5.74) is -5.70. The standard InChI is InChI=1S/C10H13F3O8S/c1-9(2)19-5-4(3-14)18-8(15)7(6(5)20-9)21-22(16,17)10(11,12)13/h4-7,14H,3H2,1-2H3/t4-,5-,6-,7+/m1/s1. The smallest absolute Gasteiger partial charge is 0.455 e. The Morgan fingerprint density at radius 2 is 1.82 bits per heavy atom. The summed E-state index contributed by atoms with van der Waals surface area (Å²) in [5, 5.41) is 9.12. The van der Waals surface area contributed by atoms with E-state index in [1.165, 1.54) is 13.8 Å². The summed E-state index contributed by atoms with van der Waals surface area (Å²) in [4.78, 5) is 11.7. The van der Waals surface area contributed by atoms with Crippen LogP contribution in [0.1, 0.15) is 13.8 Å². The van der Waals surface area contributed by atoms with Gasteiger partial charge in [-0.2, -0.15) is 21.6 Å². The first-order chi connectivity index (χ1) is 9.88. The van der Waals surface area contributed by atoms with Crippen molar-refractivity contribution in [2.24, 2.45) is 0 Å². The third-order valence-electron chi connectivity index (χ3n) is 3.02. The van der Waals surface area contributed by atoms with Gasteiger partial charge in [0.15, 0.2) is 11.9 Å². The zero-order valence-electron chi connectivity index (χ0n) is 11.4. The van der Waals surface area contributed by atoms with Gasteiger partial charge < -0.3 is 19.3 Å². The lowest BCUT2D eigenvalue weighted by molar-refractivity contribution is -0.187. The monoisotopic (exact) mass is 350 g/mol. The van der Waals surface area contributed by atoms with Crippen LogP contribution in [0.4, 0.5) is 13.2 Å². The fourth-order valence-corrected chi connectivity index (χ4v) is 2.75. The first kappa shape index (κ1) is 17.4. The molecule has 2 rings (SSSR count). The molecule has 0 amide bonds. The number of hydrogen-bond acceptors (Lipinski definition) is 8. The highest BCUT2D eigenvalue weighted by Gasteiger charge is 2.60. The largest absolute Gasteiger partial charge is 0.523 e. The van der Waals surface area contributed by atoms with Crippen LogP contribution >= 0.6 is 0 Å². The molecule has 1 N–H and O–H groups in total. The van der Waals surface area contributed by atoms with Crippen molar-refractivity contribution < 1.29 is 49.9 Å². The molecular formula is C10H13F3O8S. The molecule has 2 fully saturated rings. The van der Waals surface area contributed by atoms with Crippen molar-refractivity contribution >= 4 is 16.1 Å². The predicted octanol–water partition coefficient (Wildman–Crippen LogP) is -0.341. The van der Waals surface area contributed by atoms with Gasteiger partial charge in [0.05, 0.1) is 6.61 Å². The van der Waals surface area contributed by atoms with Crippen LogP contribution in [0.5, 0.6) is 0 Å². The van der Waals surface area contributed by atoms with E-state index >= 15 is 0 Å². The molecule has 0 unspecified atom stereocenters. The number of aliphatic hydroxyl groups excluding tert-OH is 1. The molecule has 12 heteroatoms. The summed E-state index contributed by atoms with van der Waals surface area (Å²) in [6.45, 7) is 2.13. The number of fused-ring (bicyclic) bond motifs is 1. The maximum absolute atomic E-state index is 12.4. The number of aliphatic hydroxyl groups is 1. The lowest BCUT2D eigenvalue weighted by atomic mass is 10.0. The molecule has 0 radical (unpaired) electrons. The van der Waals surface area contributed by atoms with Crippen molar-refractivity contribution in [1.82, 2.24) is 0 Å². The van der Waals surface area contributed by atoms with Crippen molar-refractivity contribution in [3.63, 3.8) is 0 Å². The lowest BCUT2D eigenvalue weighted by Gasteiger charge is -2.34. The van der Waals surface area contributed by atoms with E-state index in [-0.39, 0.29) is 0 Å². The molecule has 0 bridgehead atoms. The van der Waals surface area contributed by atoms with Crippen LogP contribution < -0.4 is 0 Å². The van der Waals surface area contributed by atoms with E-state index in [1.54, 1.807) is 0 Å². The molecule has 0 aliphatic carbocycles. The van der Waals surface area contributed by atoms with Crippen LogP contribution in [-0.2, 0) is 33.3 Å². The SMILES string of the molecule is CC1(C)O[C@@H]2[C@H](O1)[C@@H](CO)OC(=O)[C@H]2OS(=O)(=O)C(F)(F)F. The van der Waals surface area contributed by atoms with E-state index in [2.05, 4.69) is 8.92 Å². The number of ether oxygens (including phenoxy) is 3. The van der Waals surface area contributed by atoms with Gasteiger partial charge in [-0.05, 0) is 13.8 Å². The summed E-state index contributed by atoms with van der Waals surface area (Å²) < 4.78 is 78.4. The number of halogens is 3. The van der Waals surface area contributed by atoms with E-state index < -0.39 is 58.4 Å². The highest BCUT2D eigenvalue weighted by Crippen LogP contribution is 2.38. The number of rotatable bonds is 3. The molecular weight excluding hydrogens is 337 g/mol. The average Bonchev–Trinajstić information content (AvgIpc) is 2.66. The summed E-state index contributed by atoms with van der Waals surface area (Å²) >= 11 is 0. The number of cyclic esters (lactones) is 1. The van der Waals surface area contributed by atoms with Crippen LogP contribution in [0.2, 0.25) is 0 Å². The molecule has 22 heavy (non-hydrogen) atoms. The first-order valence-corrected chi connectivity index (χ1v) is 7.45. The Bertz CT molecular complexity index is 557. The molecule has 2 aliphatic heterocycles. The van der Waals surface area contributed by atoms with Crippen molar-refractivity contribution in [3.8, 4) is 0 Å². The molecule has 4 atom stereocenters. The Labute approximate surface area is 123 Å². The number of esters is 1. The van der Waals surface area contributed by atoms with Gasteiger partial charge in [0.25, 0.3) is 0 Å². The lowest BCUT2D eigenvalue weighted by Crippen LogP contribution is -2.57. The van der Waals surface area contributed by atoms with Gasteiger partial charge in [-0.3, -0.25) is 0 Å². The molecule has 2 aliphatic rings. The molecule has 0 saturated carbocycles. The molecule has 0 aromatic rings. The highest BCUT2D eigenvalue weighted by atomic mass is 32.2. The molecule has 128 valence electrons. The highest BCUT2D eigenvalue weighted by molar-refractivity contribution is 7.87. The van der Waals surface area contributed by atoms with Gasteiger partial charge in [0.1, 0.15) is 12.2 Å². The van der Waals surface area contributed by atoms with Gasteiger partial charge in [-0.25, -0.2) is 8.98 Å². The van der Waals surface area contributed by atoms with Crippen molar-refractivity contribution in [2.75, 3.05) is 6.61 Å². The Hall–Kier alpha value is -0.950. The van der Waals surface area contributed by atoms with Gasteiger partial charge >= 0.3 is 21.6 Å². The van der Waals surface area contributed by atoms with Gasteiger partial charge in [0.2, 0.25) is 6.10 Å². The van der Waals surface area contributed by atoms with Crippen molar-refractivity contribution in [2.45, 2.75) is 49.6 Å².